The fourth-order valence-corrected chi connectivity index (χ4v) is 5.68. The Morgan fingerprint density at radius 1 is 0.939 bits per heavy atom. The van der Waals surface area contributed by atoms with Crippen molar-refractivity contribution >= 4 is 39.2 Å². The average Bonchev–Trinajstić information content (AvgIpc) is 3.33. The highest BCUT2D eigenvalue weighted by Gasteiger charge is 2.22. The van der Waals surface area contributed by atoms with Crippen molar-refractivity contribution in [1.29, 1.82) is 0 Å². The first-order valence-electron chi connectivity index (χ1n) is 10.9. The van der Waals surface area contributed by atoms with Crippen LogP contribution in [0.15, 0.2) is 82.1 Å². The minimum Gasteiger partial charge on any atom is -0.339 e. The number of thiophene rings is 1. The van der Waals surface area contributed by atoms with Crippen LogP contribution >= 0.6 is 23.1 Å². The molecule has 3 heterocycles. The molecule has 0 saturated carbocycles. The first-order chi connectivity index (χ1) is 16.2. The van der Waals surface area contributed by atoms with Gasteiger partial charge in [0.15, 0.2) is 5.16 Å². The first-order valence-corrected chi connectivity index (χ1v) is 12.8. The maximum Gasteiger partial charge on any atom is 0.276 e. The van der Waals surface area contributed by atoms with Crippen molar-refractivity contribution in [3.63, 3.8) is 0 Å². The molecule has 0 spiro atoms. The maximum atomic E-state index is 13.2. The predicted octanol–water partition coefficient (Wildman–Crippen LogP) is 3.88. The van der Waals surface area contributed by atoms with E-state index in [0.717, 1.165) is 25.3 Å². The van der Waals surface area contributed by atoms with Gasteiger partial charge in [0.2, 0.25) is 5.91 Å². The van der Waals surface area contributed by atoms with Crippen molar-refractivity contribution in [2.24, 2.45) is 0 Å². The molecule has 33 heavy (non-hydrogen) atoms. The summed E-state index contributed by atoms with van der Waals surface area (Å²) in [5.41, 5.74) is 2.64. The second-order valence-corrected chi connectivity index (χ2v) is 9.80. The van der Waals surface area contributed by atoms with E-state index in [1.807, 2.05) is 52.7 Å². The number of hydrogen-bond acceptors (Lipinski definition) is 6. The topological polar surface area (TPSA) is 58.4 Å². The van der Waals surface area contributed by atoms with Crippen molar-refractivity contribution in [1.82, 2.24) is 19.4 Å². The number of piperazine rings is 1. The minimum atomic E-state index is -0.0920. The molecule has 1 amide bonds. The van der Waals surface area contributed by atoms with Crippen LogP contribution in [0.4, 0.5) is 0 Å². The van der Waals surface area contributed by atoms with Crippen molar-refractivity contribution in [3.05, 3.63) is 88.0 Å². The van der Waals surface area contributed by atoms with Crippen LogP contribution in [0.25, 0.3) is 15.9 Å². The van der Waals surface area contributed by atoms with Crippen LogP contribution < -0.4 is 5.56 Å². The molecule has 8 heteroatoms. The van der Waals surface area contributed by atoms with Gasteiger partial charge in [-0.2, -0.15) is 0 Å². The number of rotatable bonds is 6. The summed E-state index contributed by atoms with van der Waals surface area (Å²) in [7, 11) is 0. The zero-order valence-electron chi connectivity index (χ0n) is 18.1. The highest BCUT2D eigenvalue weighted by molar-refractivity contribution is 7.99. The zero-order chi connectivity index (χ0) is 22.6. The highest BCUT2D eigenvalue weighted by Crippen LogP contribution is 2.24. The van der Waals surface area contributed by atoms with Gasteiger partial charge < -0.3 is 4.90 Å². The number of fused-ring (bicyclic) bond motifs is 1. The summed E-state index contributed by atoms with van der Waals surface area (Å²) >= 11 is 2.73. The Bertz CT molecular complexity index is 1300. The molecule has 1 aliphatic heterocycles. The number of benzene rings is 2. The predicted molar refractivity (Wildman–Crippen MR) is 134 cm³/mol. The van der Waals surface area contributed by atoms with Gasteiger partial charge in [-0.1, -0.05) is 60.3 Å². The summed E-state index contributed by atoms with van der Waals surface area (Å²) in [6.07, 6.45) is 0. The molecule has 0 radical (unpaired) electrons. The second kappa shape index (κ2) is 9.91. The Morgan fingerprint density at radius 2 is 1.64 bits per heavy atom. The number of aromatic nitrogens is 2. The van der Waals surface area contributed by atoms with Gasteiger partial charge in [0.1, 0.15) is 4.70 Å². The van der Waals surface area contributed by atoms with E-state index in [-0.39, 0.29) is 17.2 Å². The standard InChI is InChI=1S/C25H24N4O2S2/c30-22(28-14-12-27(13-15-28)17-19-7-3-1-4-8-19)18-33-25-26-21-11-16-32-23(21)24(31)29(25)20-9-5-2-6-10-20/h1-11,16H,12-15,17-18H2. The summed E-state index contributed by atoms with van der Waals surface area (Å²) in [6.45, 7) is 4.06. The number of nitrogens with zero attached hydrogens (tertiary/aromatic N) is 4. The molecule has 5 rings (SSSR count). The molecule has 2 aromatic carbocycles. The summed E-state index contributed by atoms with van der Waals surface area (Å²) in [5.74, 6) is 0.340. The average molecular weight is 477 g/mol. The van der Waals surface area contributed by atoms with Crippen LogP contribution in [0.3, 0.4) is 0 Å². The molecule has 0 atom stereocenters. The quantitative estimate of drug-likeness (QED) is 0.312. The molecule has 0 unspecified atom stereocenters. The summed E-state index contributed by atoms with van der Waals surface area (Å²) in [6, 6.07) is 21.8. The fraction of sp³-hybridized carbons (Fsp3) is 0.240. The van der Waals surface area contributed by atoms with Gasteiger partial charge in [-0.05, 0) is 29.1 Å². The number of para-hydroxylation sites is 1. The molecule has 0 bridgehead atoms. The van der Waals surface area contributed by atoms with E-state index in [1.54, 1.807) is 4.57 Å². The van der Waals surface area contributed by atoms with Gasteiger partial charge in [0.25, 0.3) is 5.56 Å². The van der Waals surface area contributed by atoms with Crippen LogP contribution in [-0.4, -0.2) is 57.2 Å². The van der Waals surface area contributed by atoms with Gasteiger partial charge in [-0.15, -0.1) is 11.3 Å². The molecule has 4 aromatic rings. The van der Waals surface area contributed by atoms with E-state index in [0.29, 0.717) is 28.5 Å². The Labute approximate surface area is 200 Å². The largest absolute Gasteiger partial charge is 0.339 e. The van der Waals surface area contributed by atoms with Crippen molar-refractivity contribution in [2.75, 3.05) is 31.9 Å². The lowest BCUT2D eigenvalue weighted by Gasteiger charge is -2.34. The van der Waals surface area contributed by atoms with E-state index in [9.17, 15) is 9.59 Å². The van der Waals surface area contributed by atoms with Gasteiger partial charge in [-0.3, -0.25) is 19.1 Å². The molecule has 6 nitrogen and oxygen atoms in total. The molecule has 0 N–H and O–H groups in total. The molecular weight excluding hydrogens is 452 g/mol. The smallest absolute Gasteiger partial charge is 0.276 e. The third-order valence-corrected chi connectivity index (χ3v) is 7.58. The Hall–Kier alpha value is -2.94. The number of hydrogen-bond donors (Lipinski definition) is 0. The van der Waals surface area contributed by atoms with Crippen LogP contribution in [0.1, 0.15) is 5.56 Å². The Balaban J connectivity index is 1.26. The first kappa shape index (κ1) is 21.9. The lowest BCUT2D eigenvalue weighted by Crippen LogP contribution is -2.48. The van der Waals surface area contributed by atoms with Crippen molar-refractivity contribution in [2.45, 2.75) is 11.7 Å². The van der Waals surface area contributed by atoms with E-state index < -0.39 is 0 Å². The molecule has 1 aliphatic rings. The van der Waals surface area contributed by atoms with Crippen LogP contribution in [0.5, 0.6) is 0 Å². The van der Waals surface area contributed by atoms with E-state index >= 15 is 0 Å². The maximum absolute atomic E-state index is 13.2. The Kier molecular flexibility index (Phi) is 6.57. The van der Waals surface area contributed by atoms with E-state index in [4.69, 9.17) is 4.98 Å². The number of carbonyl (C=O) groups excluding carboxylic acids is 1. The SMILES string of the molecule is O=C(CSc1nc2ccsc2c(=O)n1-c1ccccc1)N1CCN(Cc2ccccc2)CC1. The molecule has 1 fully saturated rings. The zero-order valence-corrected chi connectivity index (χ0v) is 19.7. The summed E-state index contributed by atoms with van der Waals surface area (Å²) in [5, 5.41) is 2.43. The molecule has 1 saturated heterocycles. The number of amides is 1. The van der Waals surface area contributed by atoms with Gasteiger partial charge in [0.05, 0.1) is 17.0 Å². The summed E-state index contributed by atoms with van der Waals surface area (Å²) < 4.78 is 2.25. The van der Waals surface area contributed by atoms with Crippen LogP contribution in [0.2, 0.25) is 0 Å². The molecular formula is C25H24N4O2S2. The third-order valence-electron chi connectivity index (χ3n) is 5.76. The van der Waals surface area contributed by atoms with Gasteiger partial charge >= 0.3 is 0 Å². The minimum absolute atomic E-state index is 0.0821. The molecule has 0 aliphatic carbocycles. The normalized spacial score (nSPS) is 14.6. The Morgan fingerprint density at radius 3 is 2.36 bits per heavy atom. The number of carbonyl (C=O) groups is 1. The van der Waals surface area contributed by atoms with Gasteiger partial charge in [-0.25, -0.2) is 4.98 Å². The number of thioether (sulfide) groups is 1. The second-order valence-electron chi connectivity index (χ2n) is 7.94. The monoisotopic (exact) mass is 476 g/mol. The van der Waals surface area contributed by atoms with E-state index in [1.165, 1.54) is 28.7 Å². The fourth-order valence-electron chi connectivity index (χ4n) is 4.01. The van der Waals surface area contributed by atoms with Crippen LogP contribution in [0, 0.1) is 0 Å². The summed E-state index contributed by atoms with van der Waals surface area (Å²) in [4.78, 5) is 35.1. The lowest BCUT2D eigenvalue weighted by atomic mass is 10.2. The third kappa shape index (κ3) is 4.88. The van der Waals surface area contributed by atoms with Crippen molar-refractivity contribution < 1.29 is 4.79 Å². The lowest BCUT2D eigenvalue weighted by molar-refractivity contribution is -0.130. The van der Waals surface area contributed by atoms with Gasteiger partial charge in [0, 0.05) is 32.7 Å². The molecule has 2 aromatic heterocycles. The van der Waals surface area contributed by atoms with E-state index in [2.05, 4.69) is 29.2 Å². The van der Waals surface area contributed by atoms with Crippen LogP contribution in [-0.2, 0) is 11.3 Å². The highest BCUT2D eigenvalue weighted by atomic mass is 32.2. The molecule has 168 valence electrons. The van der Waals surface area contributed by atoms with Crippen molar-refractivity contribution in [3.8, 4) is 5.69 Å².